The molecule has 2 N–H and O–H groups in total. The van der Waals surface area contributed by atoms with Gasteiger partial charge in [0, 0.05) is 29.1 Å². The zero-order chi connectivity index (χ0) is 13.5. The van der Waals surface area contributed by atoms with Crippen LogP contribution in [0.4, 0.5) is 0 Å². The van der Waals surface area contributed by atoms with Gasteiger partial charge in [0.2, 0.25) is 0 Å². The molecule has 0 fully saturated rings. The van der Waals surface area contributed by atoms with E-state index in [1.807, 2.05) is 18.2 Å². The number of hydrogen-bond acceptors (Lipinski definition) is 1. The second-order valence-electron chi connectivity index (χ2n) is 4.12. The molecule has 0 saturated carbocycles. The molecule has 0 aliphatic heterocycles. The zero-order valence-corrected chi connectivity index (χ0v) is 16.0. The second kappa shape index (κ2) is 9.83. The first-order valence-corrected chi connectivity index (χ1v) is 7.15. The Morgan fingerprint density at radius 2 is 2.16 bits per heavy atom. The van der Waals surface area contributed by atoms with Crippen molar-refractivity contribution >= 4 is 57.5 Å². The SMILES string of the molecule is CCC(C)NC(=NC)NCc1ccc(Br)cc1Cl.I. The maximum Gasteiger partial charge on any atom is 0.191 e. The van der Waals surface area contributed by atoms with Crippen LogP contribution < -0.4 is 10.6 Å². The molecule has 0 radical (unpaired) electrons. The van der Waals surface area contributed by atoms with Crippen molar-refractivity contribution in [2.75, 3.05) is 7.05 Å². The highest BCUT2D eigenvalue weighted by molar-refractivity contribution is 14.0. The average Bonchev–Trinajstić information content (AvgIpc) is 2.35. The monoisotopic (exact) mass is 459 g/mol. The second-order valence-corrected chi connectivity index (χ2v) is 5.44. The summed E-state index contributed by atoms with van der Waals surface area (Å²) >= 11 is 9.55. The Hall–Kier alpha value is -0.0100. The fourth-order valence-electron chi connectivity index (χ4n) is 1.37. The highest BCUT2D eigenvalue weighted by Crippen LogP contribution is 2.21. The van der Waals surface area contributed by atoms with Crippen molar-refractivity contribution in [3.8, 4) is 0 Å². The summed E-state index contributed by atoms with van der Waals surface area (Å²) in [7, 11) is 1.76. The third kappa shape index (κ3) is 6.81. The Labute approximate surface area is 145 Å². The van der Waals surface area contributed by atoms with Crippen molar-refractivity contribution in [2.45, 2.75) is 32.9 Å². The first-order chi connectivity index (χ1) is 8.56. The summed E-state index contributed by atoms with van der Waals surface area (Å²) in [6.07, 6.45) is 1.06. The lowest BCUT2D eigenvalue weighted by atomic mass is 10.2. The molecule has 0 spiro atoms. The molecule has 0 aromatic heterocycles. The summed E-state index contributed by atoms with van der Waals surface area (Å²) in [4.78, 5) is 4.18. The molecule has 3 nitrogen and oxygen atoms in total. The summed E-state index contributed by atoms with van der Waals surface area (Å²) in [6.45, 7) is 4.91. The van der Waals surface area contributed by atoms with Crippen LogP contribution in [0, 0.1) is 0 Å². The van der Waals surface area contributed by atoms with E-state index in [1.165, 1.54) is 0 Å². The number of rotatable bonds is 4. The molecule has 0 amide bonds. The van der Waals surface area contributed by atoms with Gasteiger partial charge in [-0.05, 0) is 31.0 Å². The predicted octanol–water partition coefficient (Wildman–Crippen LogP) is 4.18. The third-order valence-corrected chi connectivity index (χ3v) is 3.53. The highest BCUT2D eigenvalue weighted by Gasteiger charge is 2.05. The molecule has 1 aromatic carbocycles. The number of aliphatic imine (C=N–C) groups is 1. The molecule has 1 atom stereocenters. The fourth-order valence-corrected chi connectivity index (χ4v) is 2.11. The van der Waals surface area contributed by atoms with Gasteiger partial charge in [0.25, 0.3) is 0 Å². The number of nitrogens with one attached hydrogen (secondary N) is 2. The van der Waals surface area contributed by atoms with E-state index < -0.39 is 0 Å². The largest absolute Gasteiger partial charge is 0.354 e. The maximum absolute atomic E-state index is 6.16. The van der Waals surface area contributed by atoms with Crippen molar-refractivity contribution < 1.29 is 0 Å². The van der Waals surface area contributed by atoms with Gasteiger partial charge in [-0.25, -0.2) is 0 Å². The van der Waals surface area contributed by atoms with Crippen molar-refractivity contribution in [1.29, 1.82) is 0 Å². The molecule has 6 heteroatoms. The van der Waals surface area contributed by atoms with Gasteiger partial charge in [-0.15, -0.1) is 24.0 Å². The molecule has 1 unspecified atom stereocenters. The highest BCUT2D eigenvalue weighted by atomic mass is 127. The standard InChI is InChI=1S/C13H19BrClN3.HI/c1-4-9(2)18-13(16-3)17-8-10-5-6-11(14)7-12(10)15;/h5-7,9H,4,8H2,1-3H3,(H2,16,17,18);1H. The van der Waals surface area contributed by atoms with Crippen LogP contribution in [-0.4, -0.2) is 19.0 Å². The first kappa shape index (κ1) is 19.0. The van der Waals surface area contributed by atoms with Crippen molar-refractivity contribution in [3.63, 3.8) is 0 Å². The zero-order valence-electron chi connectivity index (χ0n) is 11.3. The third-order valence-electron chi connectivity index (χ3n) is 2.68. The van der Waals surface area contributed by atoms with E-state index >= 15 is 0 Å². The lowest BCUT2D eigenvalue weighted by Gasteiger charge is -2.16. The Bertz CT molecular complexity index is 426. The fraction of sp³-hybridized carbons (Fsp3) is 0.462. The Morgan fingerprint density at radius 3 is 2.68 bits per heavy atom. The van der Waals surface area contributed by atoms with Crippen LogP contribution in [0.15, 0.2) is 27.7 Å². The number of hydrogen-bond donors (Lipinski definition) is 2. The lowest BCUT2D eigenvalue weighted by molar-refractivity contribution is 0.624. The molecule has 19 heavy (non-hydrogen) atoms. The molecule has 0 saturated heterocycles. The minimum absolute atomic E-state index is 0. The minimum atomic E-state index is 0. The van der Waals surface area contributed by atoms with Gasteiger partial charge in [-0.2, -0.15) is 0 Å². The Morgan fingerprint density at radius 1 is 1.47 bits per heavy atom. The van der Waals surface area contributed by atoms with Gasteiger partial charge in [-0.3, -0.25) is 4.99 Å². The molecule has 0 aliphatic rings. The molecule has 1 aromatic rings. The predicted molar refractivity (Wildman–Crippen MR) is 97.7 cm³/mol. The van der Waals surface area contributed by atoms with Crippen LogP contribution in [-0.2, 0) is 6.54 Å². The summed E-state index contributed by atoms with van der Waals surface area (Å²) in [5.41, 5.74) is 1.05. The van der Waals surface area contributed by atoms with Crippen LogP contribution >= 0.6 is 51.5 Å². The lowest BCUT2D eigenvalue weighted by Crippen LogP contribution is -2.41. The number of benzene rings is 1. The quantitative estimate of drug-likeness (QED) is 0.402. The van der Waals surface area contributed by atoms with Crippen LogP contribution in [0.1, 0.15) is 25.8 Å². The number of nitrogens with zero attached hydrogens (tertiary/aromatic N) is 1. The molecule has 1 rings (SSSR count). The number of halogens is 3. The Kier molecular flexibility index (Phi) is 9.82. The van der Waals surface area contributed by atoms with Crippen LogP contribution in [0.5, 0.6) is 0 Å². The molecule has 0 aliphatic carbocycles. The molecular formula is C13H20BrClIN3. The van der Waals surface area contributed by atoms with E-state index in [4.69, 9.17) is 11.6 Å². The number of guanidine groups is 1. The van der Waals surface area contributed by atoms with Gasteiger partial charge in [-0.1, -0.05) is 40.5 Å². The molecule has 0 heterocycles. The van der Waals surface area contributed by atoms with E-state index in [1.54, 1.807) is 7.05 Å². The van der Waals surface area contributed by atoms with Crippen molar-refractivity contribution in [3.05, 3.63) is 33.3 Å². The summed E-state index contributed by atoms with van der Waals surface area (Å²) in [5.74, 6) is 0.795. The summed E-state index contributed by atoms with van der Waals surface area (Å²) in [6, 6.07) is 6.27. The average molecular weight is 461 g/mol. The smallest absolute Gasteiger partial charge is 0.191 e. The van der Waals surface area contributed by atoms with Gasteiger partial charge in [0.05, 0.1) is 0 Å². The van der Waals surface area contributed by atoms with Crippen LogP contribution in [0.2, 0.25) is 5.02 Å². The van der Waals surface area contributed by atoms with E-state index in [2.05, 4.69) is 45.4 Å². The van der Waals surface area contributed by atoms with E-state index in [9.17, 15) is 0 Å². The normalized spacial score (nSPS) is 12.6. The summed E-state index contributed by atoms with van der Waals surface area (Å²) in [5, 5.41) is 7.30. The maximum atomic E-state index is 6.16. The van der Waals surface area contributed by atoms with E-state index in [0.29, 0.717) is 12.6 Å². The van der Waals surface area contributed by atoms with Gasteiger partial charge >= 0.3 is 0 Å². The van der Waals surface area contributed by atoms with Crippen LogP contribution in [0.25, 0.3) is 0 Å². The Balaban J connectivity index is 0.00000324. The first-order valence-electron chi connectivity index (χ1n) is 5.98. The van der Waals surface area contributed by atoms with Gasteiger partial charge in [0.1, 0.15) is 0 Å². The summed E-state index contributed by atoms with van der Waals surface area (Å²) < 4.78 is 0.985. The van der Waals surface area contributed by atoms with E-state index in [0.717, 1.165) is 27.4 Å². The molecule has 0 bridgehead atoms. The van der Waals surface area contributed by atoms with Gasteiger partial charge < -0.3 is 10.6 Å². The molecule has 108 valence electrons. The molecular weight excluding hydrogens is 440 g/mol. The van der Waals surface area contributed by atoms with Crippen molar-refractivity contribution in [2.24, 2.45) is 4.99 Å². The van der Waals surface area contributed by atoms with Crippen LogP contribution in [0.3, 0.4) is 0 Å². The van der Waals surface area contributed by atoms with Crippen molar-refractivity contribution in [1.82, 2.24) is 10.6 Å². The van der Waals surface area contributed by atoms with E-state index in [-0.39, 0.29) is 24.0 Å². The topological polar surface area (TPSA) is 36.4 Å². The minimum Gasteiger partial charge on any atom is -0.354 e. The van der Waals surface area contributed by atoms with Gasteiger partial charge in [0.15, 0.2) is 5.96 Å².